The summed E-state index contributed by atoms with van der Waals surface area (Å²) in [5, 5.41) is 10.9. The topological polar surface area (TPSA) is 95.9 Å². The van der Waals surface area contributed by atoms with Crippen molar-refractivity contribution in [1.29, 1.82) is 0 Å². The number of carbonyl (C=O) groups is 3. The number of amides is 2. The van der Waals surface area contributed by atoms with Crippen LogP contribution in [0.4, 0.5) is 0 Å². The average molecular weight is 308 g/mol. The molecule has 2 amide bonds. The molecule has 0 aliphatic heterocycles. The summed E-state index contributed by atoms with van der Waals surface area (Å²) in [4.78, 5) is 36.3. The van der Waals surface area contributed by atoms with Gasteiger partial charge in [0.25, 0.3) is 5.91 Å². The highest BCUT2D eigenvalue weighted by Crippen LogP contribution is 2.18. The Bertz CT molecular complexity index is 566. The molecule has 0 saturated heterocycles. The number of hydrogen-bond donors (Lipinski definition) is 2. The van der Waals surface area contributed by atoms with Gasteiger partial charge >= 0.3 is 5.97 Å². The van der Waals surface area contributed by atoms with E-state index in [2.05, 4.69) is 5.32 Å². The lowest BCUT2D eigenvalue weighted by molar-refractivity contribution is -0.139. The number of methoxy groups -OCH3 is 1. The second kappa shape index (κ2) is 6.93. The van der Waals surface area contributed by atoms with E-state index in [0.717, 1.165) is 0 Å². The average Bonchev–Trinajstić information content (AvgIpc) is 2.50. The number of hydrogen-bond acceptors (Lipinski definition) is 4. The maximum absolute atomic E-state index is 12.4. The van der Waals surface area contributed by atoms with E-state index in [0.29, 0.717) is 11.3 Å². The van der Waals surface area contributed by atoms with Crippen molar-refractivity contribution in [3.63, 3.8) is 0 Å². The van der Waals surface area contributed by atoms with Crippen molar-refractivity contribution in [3.8, 4) is 5.75 Å². The van der Waals surface area contributed by atoms with Gasteiger partial charge in [0.1, 0.15) is 17.8 Å². The molecule has 1 aromatic carbocycles. The Morgan fingerprint density at radius 1 is 1.23 bits per heavy atom. The minimum Gasteiger partial charge on any atom is -0.497 e. The molecule has 0 saturated carbocycles. The molecule has 0 aliphatic rings. The summed E-state index contributed by atoms with van der Waals surface area (Å²) in [5.41, 5.74) is -0.783. The second-order valence-electron chi connectivity index (χ2n) is 5.23. The second-order valence-corrected chi connectivity index (χ2v) is 5.23. The Hall–Kier alpha value is -2.57. The third-order valence-corrected chi connectivity index (χ3v) is 3.44. The maximum atomic E-state index is 12.4. The van der Waals surface area contributed by atoms with Crippen LogP contribution in [0.3, 0.4) is 0 Å². The van der Waals surface area contributed by atoms with Crippen LogP contribution in [0.2, 0.25) is 0 Å². The summed E-state index contributed by atoms with van der Waals surface area (Å²) < 4.78 is 5.02. The molecule has 2 N–H and O–H groups in total. The molecular formula is C15H20N2O5. The lowest BCUT2D eigenvalue weighted by Crippen LogP contribution is -2.56. The zero-order chi connectivity index (χ0) is 16.9. The molecule has 0 radical (unpaired) electrons. The van der Waals surface area contributed by atoms with Gasteiger partial charge < -0.3 is 20.1 Å². The predicted octanol–water partition coefficient (Wildman–Crippen LogP) is 0.747. The normalized spacial score (nSPS) is 10.7. The van der Waals surface area contributed by atoms with Gasteiger partial charge in [-0.05, 0) is 38.1 Å². The first-order chi connectivity index (χ1) is 10.2. The first-order valence-electron chi connectivity index (χ1n) is 6.62. The zero-order valence-corrected chi connectivity index (χ0v) is 13.0. The molecule has 7 heteroatoms. The van der Waals surface area contributed by atoms with Gasteiger partial charge in [-0.15, -0.1) is 0 Å². The van der Waals surface area contributed by atoms with Crippen molar-refractivity contribution < 1.29 is 24.2 Å². The highest BCUT2D eigenvalue weighted by atomic mass is 16.5. The third-order valence-electron chi connectivity index (χ3n) is 3.44. The quantitative estimate of drug-likeness (QED) is 0.808. The van der Waals surface area contributed by atoms with Crippen molar-refractivity contribution >= 4 is 17.8 Å². The number of nitrogens with zero attached hydrogens (tertiary/aromatic N) is 1. The molecule has 1 rings (SSSR count). The SMILES string of the molecule is COc1ccc(C(=O)N(C)C(C)(C)C(=O)NCC(=O)O)cc1. The Balaban J connectivity index is 2.86. The first-order valence-corrected chi connectivity index (χ1v) is 6.62. The molecular weight excluding hydrogens is 288 g/mol. The Kier molecular flexibility index (Phi) is 5.50. The number of benzene rings is 1. The number of carboxylic acid groups (broad SMARTS) is 1. The summed E-state index contributed by atoms with van der Waals surface area (Å²) >= 11 is 0. The Labute approximate surface area is 128 Å². The molecule has 0 spiro atoms. The highest BCUT2D eigenvalue weighted by Gasteiger charge is 2.35. The number of nitrogens with one attached hydrogen (secondary N) is 1. The third kappa shape index (κ3) is 3.97. The van der Waals surface area contributed by atoms with Crippen LogP contribution in [0.1, 0.15) is 24.2 Å². The molecule has 120 valence electrons. The first kappa shape index (κ1) is 17.5. The number of carboxylic acids is 1. The molecule has 0 bridgehead atoms. The summed E-state index contributed by atoms with van der Waals surface area (Å²) in [7, 11) is 3.02. The minimum atomic E-state index is -1.19. The van der Waals surface area contributed by atoms with Crippen LogP contribution >= 0.6 is 0 Å². The van der Waals surface area contributed by atoms with Gasteiger partial charge in [-0.3, -0.25) is 14.4 Å². The van der Waals surface area contributed by atoms with E-state index in [1.54, 1.807) is 38.1 Å². The van der Waals surface area contributed by atoms with Crippen molar-refractivity contribution in [2.75, 3.05) is 20.7 Å². The van der Waals surface area contributed by atoms with E-state index in [-0.39, 0.29) is 5.91 Å². The molecule has 7 nitrogen and oxygen atoms in total. The summed E-state index contributed by atoms with van der Waals surface area (Å²) in [6, 6.07) is 6.50. The lowest BCUT2D eigenvalue weighted by Gasteiger charge is -2.34. The van der Waals surface area contributed by atoms with Gasteiger partial charge in [0.05, 0.1) is 7.11 Å². The van der Waals surface area contributed by atoms with Crippen LogP contribution in [-0.4, -0.2) is 54.0 Å². The van der Waals surface area contributed by atoms with E-state index in [9.17, 15) is 14.4 Å². The van der Waals surface area contributed by atoms with Crippen LogP contribution < -0.4 is 10.1 Å². The zero-order valence-electron chi connectivity index (χ0n) is 13.0. The Morgan fingerprint density at radius 2 is 1.77 bits per heavy atom. The van der Waals surface area contributed by atoms with E-state index >= 15 is 0 Å². The molecule has 1 aromatic rings. The molecule has 0 aliphatic carbocycles. The Morgan fingerprint density at radius 3 is 2.23 bits per heavy atom. The highest BCUT2D eigenvalue weighted by molar-refractivity contribution is 5.99. The monoisotopic (exact) mass is 308 g/mol. The summed E-state index contributed by atoms with van der Waals surface area (Å²) in [6.07, 6.45) is 0. The maximum Gasteiger partial charge on any atom is 0.322 e. The van der Waals surface area contributed by atoms with Gasteiger partial charge in [0.15, 0.2) is 0 Å². The van der Waals surface area contributed by atoms with Crippen LogP contribution in [0.15, 0.2) is 24.3 Å². The van der Waals surface area contributed by atoms with Crippen LogP contribution in [0, 0.1) is 0 Å². The van der Waals surface area contributed by atoms with E-state index < -0.39 is 24.0 Å². The standard InChI is InChI=1S/C15H20N2O5/c1-15(2,14(21)16-9-12(18)19)17(3)13(20)10-5-7-11(22-4)8-6-10/h5-8H,9H2,1-4H3,(H,16,21)(H,18,19). The number of aliphatic carboxylic acids is 1. The number of carbonyl (C=O) groups excluding carboxylic acids is 2. The molecule has 0 unspecified atom stereocenters. The van der Waals surface area contributed by atoms with Gasteiger partial charge in [0.2, 0.25) is 5.91 Å². The van der Waals surface area contributed by atoms with E-state index in [4.69, 9.17) is 9.84 Å². The lowest BCUT2D eigenvalue weighted by atomic mass is 10.0. The van der Waals surface area contributed by atoms with Crippen LogP contribution in [0.25, 0.3) is 0 Å². The predicted molar refractivity (Wildman–Crippen MR) is 79.8 cm³/mol. The van der Waals surface area contributed by atoms with Gasteiger partial charge in [-0.25, -0.2) is 0 Å². The van der Waals surface area contributed by atoms with Gasteiger partial charge in [0, 0.05) is 12.6 Å². The largest absolute Gasteiger partial charge is 0.497 e. The number of likely N-dealkylation sites (N-methyl/N-ethyl adjacent to an activating group) is 1. The van der Waals surface area contributed by atoms with Crippen molar-refractivity contribution in [2.24, 2.45) is 0 Å². The van der Waals surface area contributed by atoms with Gasteiger partial charge in [-0.2, -0.15) is 0 Å². The fraction of sp³-hybridized carbons (Fsp3) is 0.400. The smallest absolute Gasteiger partial charge is 0.322 e. The number of rotatable bonds is 6. The van der Waals surface area contributed by atoms with Crippen LogP contribution in [0.5, 0.6) is 5.75 Å². The summed E-state index contributed by atoms with van der Waals surface area (Å²) in [6.45, 7) is 2.60. The minimum absolute atomic E-state index is 0.349. The fourth-order valence-electron chi connectivity index (χ4n) is 1.71. The van der Waals surface area contributed by atoms with E-state index in [1.165, 1.54) is 19.1 Å². The van der Waals surface area contributed by atoms with Crippen molar-refractivity contribution in [1.82, 2.24) is 10.2 Å². The fourth-order valence-corrected chi connectivity index (χ4v) is 1.71. The molecule has 0 atom stereocenters. The molecule has 22 heavy (non-hydrogen) atoms. The number of ether oxygens (including phenoxy) is 1. The van der Waals surface area contributed by atoms with Crippen molar-refractivity contribution in [2.45, 2.75) is 19.4 Å². The molecule has 0 aromatic heterocycles. The molecule has 0 heterocycles. The van der Waals surface area contributed by atoms with Gasteiger partial charge in [-0.1, -0.05) is 0 Å². The molecule has 0 fully saturated rings. The summed E-state index contributed by atoms with van der Waals surface area (Å²) in [5.74, 6) is -1.41. The van der Waals surface area contributed by atoms with Crippen molar-refractivity contribution in [3.05, 3.63) is 29.8 Å². The van der Waals surface area contributed by atoms with Crippen LogP contribution in [-0.2, 0) is 9.59 Å². The van der Waals surface area contributed by atoms with E-state index in [1.807, 2.05) is 0 Å².